The largest absolute Gasteiger partial charge is 0.465 e. The summed E-state index contributed by atoms with van der Waals surface area (Å²) < 4.78 is 16.1. The van der Waals surface area contributed by atoms with Crippen LogP contribution in [0.15, 0.2) is 30.5 Å². The lowest BCUT2D eigenvalue weighted by atomic mass is 10.1. The predicted molar refractivity (Wildman–Crippen MR) is 81.5 cm³/mol. The SMILES string of the molecule is COC(=O)c1ccc2c(COC3CCCCO3)nccc2c1. The Morgan fingerprint density at radius 2 is 2.27 bits per heavy atom. The van der Waals surface area contributed by atoms with E-state index < -0.39 is 0 Å². The summed E-state index contributed by atoms with van der Waals surface area (Å²) in [6.45, 7) is 1.16. The molecule has 5 nitrogen and oxygen atoms in total. The van der Waals surface area contributed by atoms with Gasteiger partial charge in [0.05, 0.1) is 25.0 Å². The number of nitrogens with zero attached hydrogens (tertiary/aromatic N) is 1. The van der Waals surface area contributed by atoms with Gasteiger partial charge in [-0.1, -0.05) is 6.07 Å². The topological polar surface area (TPSA) is 57.7 Å². The second kappa shape index (κ2) is 6.85. The lowest BCUT2D eigenvalue weighted by Crippen LogP contribution is -2.22. The number of carbonyl (C=O) groups is 1. The maximum atomic E-state index is 11.6. The van der Waals surface area contributed by atoms with E-state index in [0.29, 0.717) is 12.2 Å². The summed E-state index contributed by atoms with van der Waals surface area (Å²) in [5.41, 5.74) is 1.38. The third-order valence-electron chi connectivity index (χ3n) is 3.81. The van der Waals surface area contributed by atoms with E-state index in [0.717, 1.165) is 42.3 Å². The van der Waals surface area contributed by atoms with E-state index in [1.54, 1.807) is 12.3 Å². The number of aromatic nitrogens is 1. The Morgan fingerprint density at radius 3 is 3.05 bits per heavy atom. The Labute approximate surface area is 129 Å². The molecule has 0 saturated carbocycles. The van der Waals surface area contributed by atoms with Crippen molar-refractivity contribution >= 4 is 16.7 Å². The van der Waals surface area contributed by atoms with E-state index >= 15 is 0 Å². The molecular formula is C17H19NO4. The van der Waals surface area contributed by atoms with Crippen LogP contribution in [0.4, 0.5) is 0 Å². The molecule has 2 heterocycles. The highest BCUT2D eigenvalue weighted by molar-refractivity contribution is 5.95. The van der Waals surface area contributed by atoms with Crippen LogP contribution in [0.1, 0.15) is 35.3 Å². The van der Waals surface area contributed by atoms with Crippen LogP contribution < -0.4 is 0 Å². The molecule has 1 aromatic heterocycles. The molecule has 0 amide bonds. The number of rotatable bonds is 4. The van der Waals surface area contributed by atoms with Crippen LogP contribution >= 0.6 is 0 Å². The minimum atomic E-state index is -0.341. The van der Waals surface area contributed by atoms with Crippen LogP contribution in [0.2, 0.25) is 0 Å². The summed E-state index contributed by atoms with van der Waals surface area (Å²) in [5, 5.41) is 1.92. The average molecular weight is 301 g/mol. The second-order valence-electron chi connectivity index (χ2n) is 5.29. The third-order valence-corrected chi connectivity index (χ3v) is 3.81. The Hall–Kier alpha value is -1.98. The molecule has 1 atom stereocenters. The van der Waals surface area contributed by atoms with Crippen molar-refractivity contribution in [1.82, 2.24) is 4.98 Å². The van der Waals surface area contributed by atoms with Gasteiger partial charge in [0.15, 0.2) is 6.29 Å². The zero-order valence-electron chi connectivity index (χ0n) is 12.6. The van der Waals surface area contributed by atoms with Gasteiger partial charge in [-0.15, -0.1) is 0 Å². The maximum absolute atomic E-state index is 11.6. The third kappa shape index (κ3) is 3.26. The minimum absolute atomic E-state index is 0.139. The molecule has 116 valence electrons. The normalized spacial score (nSPS) is 18.3. The lowest BCUT2D eigenvalue weighted by molar-refractivity contribution is -0.169. The van der Waals surface area contributed by atoms with Gasteiger partial charge >= 0.3 is 5.97 Å². The number of methoxy groups -OCH3 is 1. The van der Waals surface area contributed by atoms with E-state index in [4.69, 9.17) is 14.2 Å². The van der Waals surface area contributed by atoms with Crippen LogP contribution in [0.25, 0.3) is 10.8 Å². The van der Waals surface area contributed by atoms with Crippen LogP contribution in [0.3, 0.4) is 0 Å². The number of hydrogen-bond donors (Lipinski definition) is 0. The molecule has 1 saturated heterocycles. The molecule has 0 N–H and O–H groups in total. The van der Waals surface area contributed by atoms with Gasteiger partial charge in [0.25, 0.3) is 0 Å². The molecule has 0 radical (unpaired) electrons. The number of esters is 1. The van der Waals surface area contributed by atoms with Crippen molar-refractivity contribution < 1.29 is 19.0 Å². The first-order valence-electron chi connectivity index (χ1n) is 7.47. The summed E-state index contributed by atoms with van der Waals surface area (Å²) in [7, 11) is 1.38. The molecule has 2 aromatic rings. The number of carbonyl (C=O) groups excluding carboxylic acids is 1. The fraction of sp³-hybridized carbons (Fsp3) is 0.412. The Bertz CT molecular complexity index is 665. The summed E-state index contributed by atoms with van der Waals surface area (Å²) in [6.07, 6.45) is 4.75. The number of pyridine rings is 1. The van der Waals surface area contributed by atoms with E-state index in [9.17, 15) is 4.79 Å². The molecule has 0 bridgehead atoms. The van der Waals surface area contributed by atoms with Gasteiger partial charge in [0.2, 0.25) is 0 Å². The summed E-state index contributed by atoms with van der Waals surface area (Å²) >= 11 is 0. The van der Waals surface area contributed by atoms with Crippen LogP contribution in [-0.2, 0) is 20.8 Å². The van der Waals surface area contributed by atoms with E-state index in [-0.39, 0.29) is 12.3 Å². The number of benzene rings is 1. The summed E-state index contributed by atoms with van der Waals surface area (Å²) in [4.78, 5) is 16.0. The van der Waals surface area contributed by atoms with E-state index in [2.05, 4.69) is 4.98 Å². The van der Waals surface area contributed by atoms with Gasteiger partial charge in [-0.2, -0.15) is 0 Å². The smallest absolute Gasteiger partial charge is 0.337 e. The first kappa shape index (κ1) is 14.9. The van der Waals surface area contributed by atoms with Gasteiger partial charge in [-0.25, -0.2) is 4.79 Å². The quantitative estimate of drug-likeness (QED) is 0.812. The minimum Gasteiger partial charge on any atom is -0.465 e. The second-order valence-corrected chi connectivity index (χ2v) is 5.29. The molecule has 1 aromatic carbocycles. The van der Waals surface area contributed by atoms with Gasteiger partial charge in [-0.3, -0.25) is 4.98 Å². The van der Waals surface area contributed by atoms with Crippen molar-refractivity contribution in [2.24, 2.45) is 0 Å². The van der Waals surface area contributed by atoms with Crippen molar-refractivity contribution in [3.8, 4) is 0 Å². The number of hydrogen-bond acceptors (Lipinski definition) is 5. The molecule has 1 fully saturated rings. The van der Waals surface area contributed by atoms with Crippen LogP contribution in [0, 0.1) is 0 Å². The van der Waals surface area contributed by atoms with Gasteiger partial charge in [-0.05, 0) is 42.8 Å². The summed E-state index contributed by atoms with van der Waals surface area (Å²) in [6, 6.07) is 7.32. The fourth-order valence-corrected chi connectivity index (χ4v) is 2.61. The van der Waals surface area contributed by atoms with Crippen molar-refractivity contribution in [3.05, 3.63) is 41.7 Å². The molecular weight excluding hydrogens is 282 g/mol. The Morgan fingerprint density at radius 1 is 1.36 bits per heavy atom. The molecule has 1 aliphatic heterocycles. The van der Waals surface area contributed by atoms with Crippen molar-refractivity contribution in [1.29, 1.82) is 0 Å². The van der Waals surface area contributed by atoms with Crippen LogP contribution in [0.5, 0.6) is 0 Å². The molecule has 3 rings (SSSR count). The molecule has 5 heteroatoms. The average Bonchev–Trinajstić information content (AvgIpc) is 2.59. The monoisotopic (exact) mass is 301 g/mol. The number of fused-ring (bicyclic) bond motifs is 1. The summed E-state index contributed by atoms with van der Waals surface area (Å²) in [5.74, 6) is -0.341. The maximum Gasteiger partial charge on any atom is 0.337 e. The van der Waals surface area contributed by atoms with Crippen LogP contribution in [-0.4, -0.2) is 31.0 Å². The fourth-order valence-electron chi connectivity index (χ4n) is 2.61. The first-order chi connectivity index (χ1) is 10.8. The van der Waals surface area contributed by atoms with E-state index in [1.165, 1.54) is 7.11 Å². The Kier molecular flexibility index (Phi) is 4.65. The van der Waals surface area contributed by atoms with Crippen molar-refractivity contribution in [2.75, 3.05) is 13.7 Å². The van der Waals surface area contributed by atoms with Crippen molar-refractivity contribution in [2.45, 2.75) is 32.2 Å². The molecule has 22 heavy (non-hydrogen) atoms. The highest BCUT2D eigenvalue weighted by Gasteiger charge is 2.15. The van der Waals surface area contributed by atoms with Gasteiger partial charge in [0, 0.05) is 18.2 Å². The zero-order chi connectivity index (χ0) is 15.4. The lowest BCUT2D eigenvalue weighted by Gasteiger charge is -2.22. The highest BCUT2D eigenvalue weighted by atomic mass is 16.7. The predicted octanol–water partition coefficient (Wildman–Crippen LogP) is 3.06. The molecule has 1 aliphatic rings. The molecule has 0 spiro atoms. The number of ether oxygens (including phenoxy) is 3. The molecule has 0 aliphatic carbocycles. The molecule has 1 unspecified atom stereocenters. The Balaban J connectivity index is 1.79. The first-order valence-corrected chi connectivity index (χ1v) is 7.47. The van der Waals surface area contributed by atoms with Gasteiger partial charge in [0.1, 0.15) is 0 Å². The van der Waals surface area contributed by atoms with Crippen molar-refractivity contribution in [3.63, 3.8) is 0 Å². The van der Waals surface area contributed by atoms with E-state index in [1.807, 2.05) is 18.2 Å². The highest BCUT2D eigenvalue weighted by Crippen LogP contribution is 2.21. The standard InChI is InChI=1S/C17H19NO4/c1-20-17(19)13-5-6-14-12(10-13)7-8-18-15(14)11-22-16-4-2-3-9-21-16/h5-8,10,16H,2-4,9,11H2,1H3. The zero-order valence-corrected chi connectivity index (χ0v) is 12.6. The van der Waals surface area contributed by atoms with Gasteiger partial charge < -0.3 is 14.2 Å².